The monoisotopic (exact) mass is 241 g/mol. The van der Waals surface area contributed by atoms with Gasteiger partial charge in [0, 0.05) is 26.1 Å². The van der Waals surface area contributed by atoms with Crippen LogP contribution in [0.3, 0.4) is 0 Å². The van der Waals surface area contributed by atoms with E-state index in [0.29, 0.717) is 31.9 Å². The second kappa shape index (κ2) is 6.85. The Labute approximate surface area is 100 Å². The summed E-state index contributed by atoms with van der Waals surface area (Å²) in [5.41, 5.74) is 5.36. The van der Waals surface area contributed by atoms with Crippen LogP contribution in [0, 0.1) is 0 Å². The number of carbonyl (C=O) groups excluding carboxylic acids is 1. The van der Waals surface area contributed by atoms with Crippen LogP contribution in [-0.4, -0.2) is 47.2 Å². The molecule has 0 fully saturated rings. The molecular weight excluding hydrogens is 222 g/mol. The molecule has 96 valence electrons. The fourth-order valence-corrected chi connectivity index (χ4v) is 1.39. The molecule has 0 aliphatic carbocycles. The third-order valence-corrected chi connectivity index (χ3v) is 2.33. The van der Waals surface area contributed by atoms with Gasteiger partial charge in [0.05, 0.1) is 6.54 Å². The van der Waals surface area contributed by atoms with E-state index in [9.17, 15) is 4.79 Å². The molecule has 3 N–H and O–H groups in total. The van der Waals surface area contributed by atoms with Crippen molar-refractivity contribution in [3.8, 4) is 0 Å². The lowest BCUT2D eigenvalue weighted by molar-refractivity contribution is -0.128. The second-order valence-electron chi connectivity index (χ2n) is 3.46. The minimum atomic E-state index is 0.00794. The largest absolute Gasteiger partial charge is 0.408 e. The molecule has 7 heteroatoms. The van der Waals surface area contributed by atoms with Gasteiger partial charge in [-0.2, -0.15) is 0 Å². The Bertz CT molecular complexity index is 348. The number of hydrogen-bond donors (Lipinski definition) is 2. The van der Waals surface area contributed by atoms with Gasteiger partial charge < -0.3 is 20.4 Å². The van der Waals surface area contributed by atoms with E-state index < -0.39 is 0 Å². The van der Waals surface area contributed by atoms with Crippen molar-refractivity contribution in [1.29, 1.82) is 0 Å². The highest BCUT2D eigenvalue weighted by Crippen LogP contribution is 2.05. The average Bonchev–Trinajstić information content (AvgIpc) is 2.76. The molecule has 1 amide bonds. The van der Waals surface area contributed by atoms with Crippen LogP contribution in [0.5, 0.6) is 0 Å². The fourth-order valence-electron chi connectivity index (χ4n) is 1.39. The van der Waals surface area contributed by atoms with Crippen LogP contribution < -0.4 is 11.1 Å². The Morgan fingerprint density at radius 1 is 1.41 bits per heavy atom. The Morgan fingerprint density at radius 2 is 2.12 bits per heavy atom. The summed E-state index contributed by atoms with van der Waals surface area (Å²) in [5.74, 6) is 0.485. The molecule has 7 nitrogen and oxygen atoms in total. The Hall–Kier alpha value is -1.63. The van der Waals surface area contributed by atoms with Crippen molar-refractivity contribution in [3.63, 3.8) is 0 Å². The number of nitrogens with two attached hydrogens (primary N) is 1. The minimum Gasteiger partial charge on any atom is -0.408 e. The summed E-state index contributed by atoms with van der Waals surface area (Å²) in [6.07, 6.45) is 0.540. The number of nitrogens with one attached hydrogen (secondary N) is 1. The van der Waals surface area contributed by atoms with Gasteiger partial charge in [-0.25, -0.2) is 0 Å². The molecule has 17 heavy (non-hydrogen) atoms. The summed E-state index contributed by atoms with van der Waals surface area (Å²) in [6, 6.07) is 0.258. The summed E-state index contributed by atoms with van der Waals surface area (Å²) in [4.78, 5) is 13.4. The van der Waals surface area contributed by atoms with Crippen molar-refractivity contribution in [2.75, 3.05) is 31.5 Å². The molecule has 0 aliphatic heterocycles. The molecule has 1 heterocycles. The number of hydrogen-bond acceptors (Lipinski definition) is 6. The van der Waals surface area contributed by atoms with Crippen molar-refractivity contribution >= 4 is 11.9 Å². The maximum atomic E-state index is 11.7. The van der Waals surface area contributed by atoms with Gasteiger partial charge in [0.15, 0.2) is 0 Å². The van der Waals surface area contributed by atoms with Gasteiger partial charge in [-0.05, 0) is 13.8 Å². The number of nitrogens with zero attached hydrogens (tertiary/aromatic N) is 3. The molecule has 0 spiro atoms. The van der Waals surface area contributed by atoms with Crippen LogP contribution >= 0.6 is 0 Å². The number of carbonyl (C=O) groups is 1. The molecule has 1 rings (SSSR count). The molecule has 0 bridgehead atoms. The standard InChI is InChI=1S/C10H19N5O2/c1-3-15(4-2)9(16)7-12-10-14-13-8(17-10)5-6-11/h3-7,11H2,1-2H3,(H,12,14). The van der Waals surface area contributed by atoms with E-state index in [0.717, 1.165) is 0 Å². The third kappa shape index (κ3) is 4.03. The van der Waals surface area contributed by atoms with Crippen molar-refractivity contribution in [2.24, 2.45) is 5.73 Å². The first-order chi connectivity index (χ1) is 8.21. The predicted molar refractivity (Wildman–Crippen MR) is 63.5 cm³/mol. The molecule has 0 radical (unpaired) electrons. The zero-order valence-electron chi connectivity index (χ0n) is 10.3. The van der Waals surface area contributed by atoms with E-state index in [1.807, 2.05) is 13.8 Å². The molecular formula is C10H19N5O2. The van der Waals surface area contributed by atoms with Gasteiger partial charge in [-0.1, -0.05) is 5.10 Å². The predicted octanol–water partition coefficient (Wildman–Crippen LogP) is -0.149. The molecule has 0 saturated heterocycles. The maximum Gasteiger partial charge on any atom is 0.315 e. The summed E-state index contributed by atoms with van der Waals surface area (Å²) in [7, 11) is 0. The van der Waals surface area contributed by atoms with E-state index in [-0.39, 0.29) is 18.5 Å². The lowest BCUT2D eigenvalue weighted by Gasteiger charge is -2.18. The lowest BCUT2D eigenvalue weighted by atomic mass is 10.4. The summed E-state index contributed by atoms with van der Waals surface area (Å²) in [5, 5.41) is 10.3. The summed E-state index contributed by atoms with van der Waals surface area (Å²) < 4.78 is 5.24. The fraction of sp³-hybridized carbons (Fsp3) is 0.700. The van der Waals surface area contributed by atoms with Crippen molar-refractivity contribution in [1.82, 2.24) is 15.1 Å². The first-order valence-electron chi connectivity index (χ1n) is 5.75. The summed E-state index contributed by atoms with van der Waals surface area (Å²) >= 11 is 0. The SMILES string of the molecule is CCN(CC)C(=O)CNc1nnc(CCN)o1. The average molecular weight is 241 g/mol. The number of rotatable bonds is 7. The lowest BCUT2D eigenvalue weighted by Crippen LogP contribution is -2.35. The van der Waals surface area contributed by atoms with E-state index >= 15 is 0 Å². The van der Waals surface area contributed by atoms with Crippen molar-refractivity contribution in [3.05, 3.63) is 5.89 Å². The van der Waals surface area contributed by atoms with Gasteiger partial charge in [0.1, 0.15) is 0 Å². The highest BCUT2D eigenvalue weighted by molar-refractivity contribution is 5.80. The molecule has 0 aliphatic rings. The third-order valence-electron chi connectivity index (χ3n) is 2.33. The molecule has 1 aromatic rings. The van der Waals surface area contributed by atoms with Gasteiger partial charge >= 0.3 is 6.01 Å². The normalized spacial score (nSPS) is 10.3. The van der Waals surface area contributed by atoms with E-state index in [1.165, 1.54) is 0 Å². The second-order valence-corrected chi connectivity index (χ2v) is 3.46. The Balaban J connectivity index is 2.41. The van der Waals surface area contributed by atoms with Gasteiger partial charge in [0.2, 0.25) is 11.8 Å². The van der Waals surface area contributed by atoms with E-state index in [4.69, 9.17) is 10.2 Å². The van der Waals surface area contributed by atoms with Crippen LogP contribution in [-0.2, 0) is 11.2 Å². The summed E-state index contributed by atoms with van der Waals surface area (Å²) in [6.45, 7) is 5.88. The highest BCUT2D eigenvalue weighted by Gasteiger charge is 2.11. The molecule has 0 saturated carbocycles. The quantitative estimate of drug-likeness (QED) is 0.689. The van der Waals surface area contributed by atoms with Crippen molar-refractivity contribution in [2.45, 2.75) is 20.3 Å². The van der Waals surface area contributed by atoms with Gasteiger partial charge in [-0.3, -0.25) is 4.79 Å². The van der Waals surface area contributed by atoms with Crippen LogP contribution in [0.25, 0.3) is 0 Å². The van der Waals surface area contributed by atoms with Crippen molar-refractivity contribution < 1.29 is 9.21 Å². The van der Waals surface area contributed by atoms with Crippen LogP contribution in [0.2, 0.25) is 0 Å². The molecule has 0 atom stereocenters. The van der Waals surface area contributed by atoms with Crippen LogP contribution in [0.15, 0.2) is 4.42 Å². The smallest absolute Gasteiger partial charge is 0.315 e. The molecule has 1 aromatic heterocycles. The number of anilines is 1. The topological polar surface area (TPSA) is 97.3 Å². The Kier molecular flexibility index (Phi) is 5.41. The first-order valence-corrected chi connectivity index (χ1v) is 5.75. The first kappa shape index (κ1) is 13.4. The van der Waals surface area contributed by atoms with E-state index in [2.05, 4.69) is 15.5 Å². The highest BCUT2D eigenvalue weighted by atomic mass is 16.4. The van der Waals surface area contributed by atoms with Crippen LogP contribution in [0.4, 0.5) is 6.01 Å². The molecule has 0 aromatic carbocycles. The number of amides is 1. The number of aromatic nitrogens is 2. The van der Waals surface area contributed by atoms with Gasteiger partial charge in [0.25, 0.3) is 0 Å². The maximum absolute atomic E-state index is 11.7. The minimum absolute atomic E-state index is 0.00794. The number of likely N-dealkylation sites (N-methyl/N-ethyl adjacent to an activating group) is 1. The van der Waals surface area contributed by atoms with Gasteiger partial charge in [-0.15, -0.1) is 5.10 Å². The van der Waals surface area contributed by atoms with E-state index in [1.54, 1.807) is 4.90 Å². The zero-order chi connectivity index (χ0) is 12.7. The zero-order valence-corrected chi connectivity index (χ0v) is 10.3. The van der Waals surface area contributed by atoms with Crippen LogP contribution in [0.1, 0.15) is 19.7 Å². The Morgan fingerprint density at radius 3 is 2.71 bits per heavy atom. The molecule has 0 unspecified atom stereocenters.